The van der Waals surface area contributed by atoms with E-state index >= 15 is 0 Å². The van der Waals surface area contributed by atoms with Crippen LogP contribution in [-0.4, -0.2) is 29.7 Å². The summed E-state index contributed by atoms with van der Waals surface area (Å²) < 4.78 is 0. The number of hydrogen-bond acceptors (Lipinski definition) is 3. The fourth-order valence-electron chi connectivity index (χ4n) is 2.79. The maximum Gasteiger partial charge on any atom is 0.223 e. The minimum Gasteiger partial charge on any atom is -0.343 e. The third-order valence-corrected chi connectivity index (χ3v) is 5.20. The quantitative estimate of drug-likeness (QED) is 0.775. The summed E-state index contributed by atoms with van der Waals surface area (Å²) in [4.78, 5) is 26.7. The topological polar surface area (TPSA) is 37.4 Å². The van der Waals surface area contributed by atoms with Gasteiger partial charge < -0.3 is 4.90 Å². The van der Waals surface area contributed by atoms with Crippen LogP contribution in [0.15, 0.2) is 17.5 Å². The van der Waals surface area contributed by atoms with Gasteiger partial charge in [-0.3, -0.25) is 9.59 Å². The Bertz CT molecular complexity index is 447. The molecule has 20 heavy (non-hydrogen) atoms. The SMILES string of the molecule is CC1CCC(N(C)C(=O)CCC(=O)c2cccs2)CC1. The first kappa shape index (κ1) is 15.2. The van der Waals surface area contributed by atoms with Crippen molar-refractivity contribution in [2.75, 3.05) is 7.05 Å². The Hall–Kier alpha value is -1.16. The molecule has 0 bridgehead atoms. The Morgan fingerprint density at radius 3 is 2.55 bits per heavy atom. The van der Waals surface area contributed by atoms with Gasteiger partial charge in [-0.25, -0.2) is 0 Å². The van der Waals surface area contributed by atoms with Crippen LogP contribution in [0.25, 0.3) is 0 Å². The molecule has 3 nitrogen and oxygen atoms in total. The third kappa shape index (κ3) is 3.92. The molecule has 0 radical (unpaired) electrons. The lowest BCUT2D eigenvalue weighted by Gasteiger charge is -2.33. The van der Waals surface area contributed by atoms with Gasteiger partial charge >= 0.3 is 0 Å². The Morgan fingerprint density at radius 1 is 1.25 bits per heavy atom. The monoisotopic (exact) mass is 293 g/mol. The molecule has 0 aromatic carbocycles. The predicted molar refractivity (Wildman–Crippen MR) is 82.1 cm³/mol. The molecule has 110 valence electrons. The van der Waals surface area contributed by atoms with E-state index in [9.17, 15) is 9.59 Å². The number of Topliss-reactive ketones (excluding diaryl/α,β-unsaturated/α-hetero) is 1. The van der Waals surface area contributed by atoms with Crippen LogP contribution in [0.4, 0.5) is 0 Å². The summed E-state index contributed by atoms with van der Waals surface area (Å²) in [5, 5.41) is 1.89. The standard InChI is InChI=1S/C16H23NO2S/c1-12-5-7-13(8-6-12)17(2)16(19)10-9-14(18)15-4-3-11-20-15/h3-4,11-13H,5-10H2,1-2H3. The van der Waals surface area contributed by atoms with E-state index in [4.69, 9.17) is 0 Å². The Kier molecular flexibility index (Phi) is 5.35. The number of carbonyl (C=O) groups excluding carboxylic acids is 2. The summed E-state index contributed by atoms with van der Waals surface area (Å²) in [6.45, 7) is 2.28. The van der Waals surface area contributed by atoms with E-state index in [0.29, 0.717) is 18.9 Å². The van der Waals surface area contributed by atoms with Crippen LogP contribution in [-0.2, 0) is 4.79 Å². The molecule has 1 aromatic heterocycles. The van der Waals surface area contributed by atoms with Crippen LogP contribution >= 0.6 is 11.3 Å². The molecular formula is C16H23NO2S. The molecule has 0 saturated heterocycles. The van der Waals surface area contributed by atoms with Crippen molar-refractivity contribution in [1.29, 1.82) is 0 Å². The van der Waals surface area contributed by atoms with E-state index in [2.05, 4.69) is 6.92 Å². The fourth-order valence-corrected chi connectivity index (χ4v) is 3.49. The first-order valence-corrected chi connectivity index (χ1v) is 8.28. The number of nitrogens with zero attached hydrogens (tertiary/aromatic N) is 1. The molecule has 4 heteroatoms. The average Bonchev–Trinajstić information content (AvgIpc) is 2.98. The second kappa shape index (κ2) is 7.02. The molecule has 0 spiro atoms. The molecule has 2 rings (SSSR count). The fraction of sp³-hybridized carbons (Fsp3) is 0.625. The highest BCUT2D eigenvalue weighted by Gasteiger charge is 2.24. The molecule has 0 atom stereocenters. The van der Waals surface area contributed by atoms with Gasteiger partial charge in [0.1, 0.15) is 0 Å². The zero-order valence-electron chi connectivity index (χ0n) is 12.3. The van der Waals surface area contributed by atoms with Gasteiger partial charge in [0, 0.05) is 25.9 Å². The molecule has 1 saturated carbocycles. The predicted octanol–water partition coefficient (Wildman–Crippen LogP) is 3.75. The number of hydrogen-bond donors (Lipinski definition) is 0. The molecule has 0 aliphatic heterocycles. The van der Waals surface area contributed by atoms with E-state index in [0.717, 1.165) is 23.6 Å². The number of rotatable bonds is 5. The second-order valence-corrected chi connectivity index (χ2v) is 6.77. The van der Waals surface area contributed by atoms with Crippen molar-refractivity contribution in [2.24, 2.45) is 5.92 Å². The normalized spacial score (nSPS) is 22.5. The first-order chi connectivity index (χ1) is 9.58. The second-order valence-electron chi connectivity index (χ2n) is 5.82. The first-order valence-electron chi connectivity index (χ1n) is 7.40. The van der Waals surface area contributed by atoms with Crippen LogP contribution in [0.1, 0.15) is 55.1 Å². The Balaban J connectivity index is 1.78. The van der Waals surface area contributed by atoms with E-state index in [1.807, 2.05) is 29.5 Å². The molecule has 1 amide bonds. The van der Waals surface area contributed by atoms with Crippen molar-refractivity contribution < 1.29 is 9.59 Å². The van der Waals surface area contributed by atoms with Gasteiger partial charge in [0.05, 0.1) is 4.88 Å². The lowest BCUT2D eigenvalue weighted by atomic mass is 9.86. The van der Waals surface area contributed by atoms with Crippen molar-refractivity contribution >= 4 is 23.0 Å². The Morgan fingerprint density at radius 2 is 1.95 bits per heavy atom. The van der Waals surface area contributed by atoms with Gasteiger partial charge in [0.15, 0.2) is 5.78 Å². The lowest BCUT2D eigenvalue weighted by Crippen LogP contribution is -2.39. The summed E-state index contributed by atoms with van der Waals surface area (Å²) in [6.07, 6.45) is 5.27. The van der Waals surface area contributed by atoms with E-state index in [-0.39, 0.29) is 11.7 Å². The van der Waals surface area contributed by atoms with Gasteiger partial charge in [0.25, 0.3) is 0 Å². The minimum absolute atomic E-state index is 0.0824. The van der Waals surface area contributed by atoms with Crippen LogP contribution < -0.4 is 0 Å². The maximum atomic E-state index is 12.2. The van der Waals surface area contributed by atoms with Crippen LogP contribution in [0.3, 0.4) is 0 Å². The summed E-state index contributed by atoms with van der Waals surface area (Å²) in [7, 11) is 1.89. The van der Waals surface area contributed by atoms with Crippen LogP contribution in [0, 0.1) is 5.92 Å². The van der Waals surface area contributed by atoms with Gasteiger partial charge in [-0.15, -0.1) is 11.3 Å². The number of ketones is 1. The summed E-state index contributed by atoms with van der Waals surface area (Å²) in [5.74, 6) is 0.976. The summed E-state index contributed by atoms with van der Waals surface area (Å²) in [6, 6.07) is 4.06. The Labute approximate surface area is 125 Å². The molecular weight excluding hydrogens is 270 g/mol. The largest absolute Gasteiger partial charge is 0.343 e. The van der Waals surface area contributed by atoms with Crippen molar-refractivity contribution in [3.63, 3.8) is 0 Å². The molecule has 1 aromatic rings. The average molecular weight is 293 g/mol. The van der Waals surface area contributed by atoms with Gasteiger partial charge in [-0.05, 0) is 43.0 Å². The highest BCUT2D eigenvalue weighted by Crippen LogP contribution is 2.27. The zero-order valence-corrected chi connectivity index (χ0v) is 13.1. The third-order valence-electron chi connectivity index (χ3n) is 4.29. The smallest absolute Gasteiger partial charge is 0.223 e. The van der Waals surface area contributed by atoms with Gasteiger partial charge in [0.2, 0.25) is 5.91 Å². The van der Waals surface area contributed by atoms with Crippen molar-refractivity contribution in [1.82, 2.24) is 4.90 Å². The van der Waals surface area contributed by atoms with Crippen LogP contribution in [0.2, 0.25) is 0 Å². The highest BCUT2D eigenvalue weighted by atomic mass is 32.1. The van der Waals surface area contributed by atoms with Crippen molar-refractivity contribution in [3.8, 4) is 0 Å². The molecule has 0 unspecified atom stereocenters. The van der Waals surface area contributed by atoms with Gasteiger partial charge in [-0.1, -0.05) is 13.0 Å². The van der Waals surface area contributed by atoms with Crippen LogP contribution in [0.5, 0.6) is 0 Å². The van der Waals surface area contributed by atoms with Gasteiger partial charge in [-0.2, -0.15) is 0 Å². The summed E-state index contributed by atoms with van der Waals surface area (Å²) in [5.41, 5.74) is 0. The highest BCUT2D eigenvalue weighted by molar-refractivity contribution is 7.12. The molecule has 0 N–H and O–H groups in total. The maximum absolute atomic E-state index is 12.2. The zero-order chi connectivity index (χ0) is 14.5. The number of amides is 1. The van der Waals surface area contributed by atoms with E-state index < -0.39 is 0 Å². The van der Waals surface area contributed by atoms with Crippen molar-refractivity contribution in [3.05, 3.63) is 22.4 Å². The molecule has 1 aliphatic carbocycles. The van der Waals surface area contributed by atoms with E-state index in [1.165, 1.54) is 24.2 Å². The van der Waals surface area contributed by atoms with E-state index in [1.54, 1.807) is 0 Å². The molecule has 1 heterocycles. The van der Waals surface area contributed by atoms with Crippen molar-refractivity contribution in [2.45, 2.75) is 51.5 Å². The number of carbonyl (C=O) groups is 2. The number of thiophene rings is 1. The molecule has 1 fully saturated rings. The lowest BCUT2D eigenvalue weighted by molar-refractivity contribution is -0.132. The summed E-state index contributed by atoms with van der Waals surface area (Å²) >= 11 is 1.44. The molecule has 1 aliphatic rings. The minimum atomic E-state index is 0.0824.